The maximum absolute atomic E-state index is 6.39. The molecular weight excluding hydrogens is 308 g/mol. The Morgan fingerprint density at radius 3 is 1.46 bits per heavy atom. The van der Waals surface area contributed by atoms with Gasteiger partial charge in [-0.1, -0.05) is 105 Å². The minimum Gasteiger partial charge on any atom is -0.417 e. The van der Waals surface area contributed by atoms with Gasteiger partial charge in [0.25, 0.3) is 0 Å². The molecule has 1 nitrogen and oxygen atoms in total. The molecule has 0 spiro atoms. The molecule has 0 aromatic rings. The van der Waals surface area contributed by atoms with Crippen LogP contribution in [0.4, 0.5) is 0 Å². The Hall–Kier alpha value is 0.177. The van der Waals surface area contributed by atoms with Crippen molar-refractivity contribution in [1.29, 1.82) is 0 Å². The van der Waals surface area contributed by atoms with E-state index in [1.54, 1.807) is 0 Å². The lowest BCUT2D eigenvalue weighted by Gasteiger charge is -2.42. The molecule has 0 radical (unpaired) electrons. The standard InChI is InChI=1S/C22H48OSi/c1-8-9-10-11-12-13-14-15-16-17-18-19-20-23-24(6,7)22(4,5)21(2)3/h21H,8-20H2,1-7H3. The van der Waals surface area contributed by atoms with Gasteiger partial charge < -0.3 is 4.43 Å². The SMILES string of the molecule is CCCCCCCCCCCCCCO[Si](C)(C)C(C)(C)C(C)C. The van der Waals surface area contributed by atoms with Crippen LogP contribution in [0.1, 0.15) is 112 Å². The van der Waals surface area contributed by atoms with Gasteiger partial charge in [0.2, 0.25) is 0 Å². The van der Waals surface area contributed by atoms with E-state index in [-0.39, 0.29) is 0 Å². The van der Waals surface area contributed by atoms with Crippen molar-refractivity contribution >= 4 is 8.32 Å². The molecule has 0 heterocycles. The molecular formula is C22H48OSi. The van der Waals surface area contributed by atoms with E-state index in [2.05, 4.69) is 47.7 Å². The van der Waals surface area contributed by atoms with Gasteiger partial charge in [-0.2, -0.15) is 0 Å². The maximum atomic E-state index is 6.39. The molecule has 24 heavy (non-hydrogen) atoms. The predicted molar refractivity (Wildman–Crippen MR) is 113 cm³/mol. The highest BCUT2D eigenvalue weighted by Crippen LogP contribution is 2.44. The topological polar surface area (TPSA) is 9.23 Å². The summed E-state index contributed by atoms with van der Waals surface area (Å²) in [5.41, 5.74) is 0. The average molecular weight is 357 g/mol. The van der Waals surface area contributed by atoms with Gasteiger partial charge in [0.1, 0.15) is 0 Å². The van der Waals surface area contributed by atoms with E-state index in [0.717, 1.165) is 6.61 Å². The Bertz CT molecular complexity index is 284. The Kier molecular flexibility index (Phi) is 13.5. The fourth-order valence-electron chi connectivity index (χ4n) is 3.15. The van der Waals surface area contributed by atoms with E-state index in [1.165, 1.54) is 77.0 Å². The van der Waals surface area contributed by atoms with Crippen molar-refractivity contribution in [1.82, 2.24) is 0 Å². The van der Waals surface area contributed by atoms with Gasteiger partial charge in [0.15, 0.2) is 8.32 Å². The minimum atomic E-state index is -1.59. The molecule has 0 atom stereocenters. The number of hydrogen-bond donors (Lipinski definition) is 0. The molecule has 0 amide bonds. The summed E-state index contributed by atoms with van der Waals surface area (Å²) in [4.78, 5) is 0. The summed E-state index contributed by atoms with van der Waals surface area (Å²) >= 11 is 0. The fourth-order valence-corrected chi connectivity index (χ4v) is 5.57. The molecule has 0 aliphatic rings. The fraction of sp³-hybridized carbons (Fsp3) is 1.00. The molecule has 0 saturated carbocycles. The summed E-state index contributed by atoms with van der Waals surface area (Å²) in [6, 6.07) is 0. The summed E-state index contributed by atoms with van der Waals surface area (Å²) < 4.78 is 6.39. The van der Waals surface area contributed by atoms with Crippen molar-refractivity contribution in [2.75, 3.05) is 6.61 Å². The summed E-state index contributed by atoms with van der Waals surface area (Å²) in [6.45, 7) is 17.5. The second kappa shape index (κ2) is 13.4. The lowest BCUT2D eigenvalue weighted by Crippen LogP contribution is -2.45. The molecule has 0 fully saturated rings. The molecule has 0 bridgehead atoms. The van der Waals surface area contributed by atoms with Crippen LogP contribution in [0.25, 0.3) is 0 Å². The van der Waals surface area contributed by atoms with Crippen LogP contribution in [0.15, 0.2) is 0 Å². The van der Waals surface area contributed by atoms with E-state index in [4.69, 9.17) is 4.43 Å². The predicted octanol–water partition coefficient (Wildman–Crippen LogP) is 8.35. The third kappa shape index (κ3) is 10.2. The second-order valence-corrected chi connectivity index (χ2v) is 13.7. The van der Waals surface area contributed by atoms with Crippen molar-refractivity contribution in [3.8, 4) is 0 Å². The molecule has 146 valence electrons. The first-order chi connectivity index (χ1) is 11.3. The largest absolute Gasteiger partial charge is 0.417 e. The Morgan fingerprint density at radius 1 is 0.708 bits per heavy atom. The monoisotopic (exact) mass is 356 g/mol. The van der Waals surface area contributed by atoms with E-state index < -0.39 is 8.32 Å². The van der Waals surface area contributed by atoms with Crippen LogP contribution < -0.4 is 0 Å². The van der Waals surface area contributed by atoms with Gasteiger partial charge >= 0.3 is 0 Å². The zero-order valence-electron chi connectivity index (χ0n) is 18.2. The van der Waals surface area contributed by atoms with E-state index in [0.29, 0.717) is 11.0 Å². The molecule has 0 unspecified atom stereocenters. The zero-order chi connectivity index (χ0) is 18.5. The number of hydrogen-bond acceptors (Lipinski definition) is 1. The molecule has 0 aliphatic carbocycles. The number of rotatable bonds is 16. The van der Waals surface area contributed by atoms with E-state index in [1.807, 2.05) is 0 Å². The van der Waals surface area contributed by atoms with Gasteiger partial charge in [-0.15, -0.1) is 0 Å². The third-order valence-corrected chi connectivity index (χ3v) is 11.1. The van der Waals surface area contributed by atoms with Crippen LogP contribution >= 0.6 is 0 Å². The van der Waals surface area contributed by atoms with Gasteiger partial charge in [0.05, 0.1) is 0 Å². The van der Waals surface area contributed by atoms with Crippen molar-refractivity contribution < 1.29 is 4.43 Å². The van der Waals surface area contributed by atoms with Crippen LogP contribution in [0, 0.1) is 5.92 Å². The average Bonchev–Trinajstić information content (AvgIpc) is 2.51. The van der Waals surface area contributed by atoms with Crippen molar-refractivity contribution in [3.63, 3.8) is 0 Å². The highest BCUT2D eigenvalue weighted by Gasteiger charge is 2.42. The smallest absolute Gasteiger partial charge is 0.192 e. The first-order valence-electron chi connectivity index (χ1n) is 10.9. The Morgan fingerprint density at radius 2 is 1.08 bits per heavy atom. The highest BCUT2D eigenvalue weighted by atomic mass is 28.4. The van der Waals surface area contributed by atoms with Crippen molar-refractivity contribution in [2.45, 2.75) is 130 Å². The van der Waals surface area contributed by atoms with Crippen LogP contribution in [0.2, 0.25) is 18.1 Å². The Balaban J connectivity index is 3.48. The van der Waals surface area contributed by atoms with Gasteiger partial charge in [-0.25, -0.2) is 0 Å². The lowest BCUT2D eigenvalue weighted by molar-refractivity contribution is 0.258. The molecule has 0 aromatic heterocycles. The highest BCUT2D eigenvalue weighted by molar-refractivity contribution is 6.74. The summed E-state index contributed by atoms with van der Waals surface area (Å²) in [7, 11) is -1.59. The third-order valence-electron chi connectivity index (χ3n) is 6.46. The molecule has 2 heteroatoms. The summed E-state index contributed by atoms with van der Waals surface area (Å²) in [5, 5.41) is 0.351. The molecule has 0 saturated heterocycles. The first kappa shape index (κ1) is 24.2. The summed E-state index contributed by atoms with van der Waals surface area (Å²) in [5.74, 6) is 0.695. The molecule has 0 N–H and O–H groups in total. The molecule has 0 rings (SSSR count). The second-order valence-electron chi connectivity index (χ2n) is 9.12. The van der Waals surface area contributed by atoms with Gasteiger partial charge in [-0.05, 0) is 30.5 Å². The van der Waals surface area contributed by atoms with Crippen LogP contribution in [0.5, 0.6) is 0 Å². The van der Waals surface area contributed by atoms with Gasteiger partial charge in [0, 0.05) is 6.61 Å². The van der Waals surface area contributed by atoms with Crippen LogP contribution in [0.3, 0.4) is 0 Å². The van der Waals surface area contributed by atoms with Crippen LogP contribution in [-0.2, 0) is 4.43 Å². The lowest BCUT2D eigenvalue weighted by atomic mass is 9.99. The van der Waals surface area contributed by atoms with E-state index >= 15 is 0 Å². The minimum absolute atomic E-state index is 0.351. The Labute approximate surface area is 155 Å². The summed E-state index contributed by atoms with van der Waals surface area (Å²) in [6.07, 6.45) is 16.9. The zero-order valence-corrected chi connectivity index (χ0v) is 19.2. The van der Waals surface area contributed by atoms with Crippen molar-refractivity contribution in [2.24, 2.45) is 5.92 Å². The maximum Gasteiger partial charge on any atom is 0.192 e. The quantitative estimate of drug-likeness (QED) is 0.199. The molecule has 0 aromatic carbocycles. The van der Waals surface area contributed by atoms with Crippen LogP contribution in [-0.4, -0.2) is 14.9 Å². The first-order valence-corrected chi connectivity index (χ1v) is 13.8. The number of unbranched alkanes of at least 4 members (excludes halogenated alkanes) is 11. The molecule has 0 aliphatic heterocycles. The van der Waals surface area contributed by atoms with Crippen molar-refractivity contribution in [3.05, 3.63) is 0 Å². The van der Waals surface area contributed by atoms with E-state index in [9.17, 15) is 0 Å². The van der Waals surface area contributed by atoms with Gasteiger partial charge in [-0.3, -0.25) is 0 Å². The normalized spacial score (nSPS) is 13.0.